The van der Waals surface area contributed by atoms with Crippen LogP contribution in [-0.2, 0) is 4.79 Å². The summed E-state index contributed by atoms with van der Waals surface area (Å²) in [5.41, 5.74) is 7.09. The van der Waals surface area contributed by atoms with E-state index in [1.807, 2.05) is 4.90 Å². The molecule has 4 N–H and O–H groups in total. The van der Waals surface area contributed by atoms with Gasteiger partial charge >= 0.3 is 6.03 Å². The highest BCUT2D eigenvalue weighted by Gasteiger charge is 2.42. The lowest BCUT2D eigenvalue weighted by atomic mass is 9.96. The minimum Gasteiger partial charge on any atom is -0.495 e. The van der Waals surface area contributed by atoms with E-state index in [0.717, 1.165) is 31.4 Å². The van der Waals surface area contributed by atoms with Gasteiger partial charge in [-0.1, -0.05) is 11.6 Å². The minimum absolute atomic E-state index is 0.0818. The smallest absolute Gasteiger partial charge is 0.316 e. The van der Waals surface area contributed by atoms with Gasteiger partial charge in [-0.05, 0) is 68.2 Å². The first-order chi connectivity index (χ1) is 15.8. The van der Waals surface area contributed by atoms with Gasteiger partial charge in [0, 0.05) is 35.5 Å². The van der Waals surface area contributed by atoms with Crippen molar-refractivity contribution in [3.8, 4) is 5.75 Å². The Kier molecular flexibility index (Phi) is 6.74. The van der Waals surface area contributed by atoms with Crippen LogP contribution in [0.15, 0.2) is 42.5 Å². The Hall–Kier alpha value is -3.26. The lowest BCUT2D eigenvalue weighted by Gasteiger charge is -2.39. The number of anilines is 2. The van der Waals surface area contributed by atoms with Crippen molar-refractivity contribution in [2.24, 2.45) is 5.73 Å². The zero-order chi connectivity index (χ0) is 23.5. The Balaban J connectivity index is 1.46. The van der Waals surface area contributed by atoms with Crippen LogP contribution in [0.4, 0.5) is 20.6 Å². The summed E-state index contributed by atoms with van der Waals surface area (Å²) in [6.07, 6.45) is 6.71. The number of halogens is 2. The highest BCUT2D eigenvalue weighted by Crippen LogP contribution is 2.37. The molecule has 2 aromatic rings. The summed E-state index contributed by atoms with van der Waals surface area (Å²) in [6.45, 7) is 0. The van der Waals surface area contributed by atoms with Gasteiger partial charge in [0.1, 0.15) is 11.6 Å². The first-order valence-corrected chi connectivity index (χ1v) is 11.2. The van der Waals surface area contributed by atoms with E-state index >= 15 is 0 Å². The van der Waals surface area contributed by atoms with E-state index in [2.05, 4.69) is 10.6 Å². The molecule has 33 heavy (non-hydrogen) atoms. The molecule has 1 unspecified atom stereocenters. The number of nitrogens with one attached hydrogen (secondary N) is 2. The molecule has 9 heteroatoms. The third-order valence-electron chi connectivity index (χ3n) is 6.19. The normalized spacial score (nSPS) is 21.8. The number of primary amides is 1. The number of methoxy groups -OCH3 is 1. The summed E-state index contributed by atoms with van der Waals surface area (Å²) >= 11 is 6.15. The molecule has 7 nitrogen and oxygen atoms in total. The summed E-state index contributed by atoms with van der Waals surface area (Å²) in [6, 6.07) is 9.30. The summed E-state index contributed by atoms with van der Waals surface area (Å²) in [7, 11) is 1.49. The number of ether oxygens (including phenoxy) is 1. The topological polar surface area (TPSA) is 96.7 Å². The van der Waals surface area contributed by atoms with E-state index in [1.165, 1.54) is 31.4 Å². The van der Waals surface area contributed by atoms with Crippen LogP contribution in [0.3, 0.4) is 0 Å². The highest BCUT2D eigenvalue weighted by atomic mass is 35.5. The fourth-order valence-electron chi connectivity index (χ4n) is 4.79. The number of hydrogen-bond donors (Lipinski definition) is 3. The van der Waals surface area contributed by atoms with Crippen LogP contribution in [0.1, 0.15) is 31.2 Å². The lowest BCUT2D eigenvalue weighted by molar-refractivity contribution is -0.130. The Labute approximate surface area is 196 Å². The van der Waals surface area contributed by atoms with Crippen LogP contribution in [0, 0.1) is 5.82 Å². The predicted octanol–water partition coefficient (Wildman–Crippen LogP) is 4.63. The van der Waals surface area contributed by atoms with Crippen molar-refractivity contribution < 1.29 is 18.7 Å². The fraction of sp³-hybridized carbons (Fsp3) is 0.333. The summed E-state index contributed by atoms with van der Waals surface area (Å²) in [4.78, 5) is 26.4. The molecular weight excluding hydrogens is 447 g/mol. The third-order valence-corrected chi connectivity index (χ3v) is 6.49. The number of fused-ring (bicyclic) bond motifs is 2. The minimum atomic E-state index is -0.731. The molecule has 2 heterocycles. The summed E-state index contributed by atoms with van der Waals surface area (Å²) in [5.74, 6) is 0.0773. The first kappa shape index (κ1) is 22.9. The van der Waals surface area contributed by atoms with Crippen LogP contribution < -0.4 is 21.1 Å². The molecule has 0 aliphatic carbocycles. The van der Waals surface area contributed by atoms with E-state index in [9.17, 15) is 14.0 Å². The van der Waals surface area contributed by atoms with Gasteiger partial charge in [-0.3, -0.25) is 4.79 Å². The van der Waals surface area contributed by atoms with Gasteiger partial charge in [-0.15, -0.1) is 0 Å². The molecule has 2 fully saturated rings. The first-order valence-electron chi connectivity index (χ1n) is 10.8. The monoisotopic (exact) mass is 472 g/mol. The molecule has 2 saturated heterocycles. The molecule has 3 atom stereocenters. The number of nitrogens with two attached hydrogens (primary N) is 1. The number of carbonyl (C=O) groups excluding carboxylic acids is 2. The highest BCUT2D eigenvalue weighted by molar-refractivity contribution is 6.32. The zero-order valence-electron chi connectivity index (χ0n) is 18.2. The van der Waals surface area contributed by atoms with Crippen molar-refractivity contribution in [1.29, 1.82) is 0 Å². The Bertz CT molecular complexity index is 1060. The van der Waals surface area contributed by atoms with Gasteiger partial charge < -0.3 is 26.0 Å². The SMILES string of the molecule is COc1cc(C=CC(=O)N2[C@@H]3CC[C@H]2CC(Nc2ccc(F)cc2)C3)c(NC(N)=O)cc1Cl. The summed E-state index contributed by atoms with van der Waals surface area (Å²) < 4.78 is 18.4. The average molecular weight is 473 g/mol. The molecule has 0 saturated carbocycles. The predicted molar refractivity (Wildman–Crippen MR) is 127 cm³/mol. The molecule has 174 valence electrons. The standard InChI is InChI=1S/C24H26ClFN4O3/c1-33-22-10-14(21(13-20(22)25)29-24(27)32)2-9-23(31)30-18-7-8-19(30)12-17(11-18)28-16-5-3-15(26)4-6-16/h2-6,9-10,13,17-19,28H,7-8,11-12H2,1H3,(H3,27,29,32)/t17?,18-,19+. The number of carbonyl (C=O) groups is 2. The Morgan fingerprint density at radius 1 is 1.18 bits per heavy atom. The molecule has 0 aromatic heterocycles. The van der Waals surface area contributed by atoms with Crippen molar-refractivity contribution in [2.75, 3.05) is 17.7 Å². The molecule has 0 spiro atoms. The van der Waals surface area contributed by atoms with Gasteiger partial charge in [0.15, 0.2) is 0 Å². The summed E-state index contributed by atoms with van der Waals surface area (Å²) in [5, 5.41) is 6.31. The van der Waals surface area contributed by atoms with Crippen LogP contribution in [0.25, 0.3) is 6.08 Å². The van der Waals surface area contributed by atoms with Gasteiger partial charge in [-0.25, -0.2) is 9.18 Å². The zero-order valence-corrected chi connectivity index (χ0v) is 18.9. The van der Waals surface area contributed by atoms with Gasteiger partial charge in [-0.2, -0.15) is 0 Å². The van der Waals surface area contributed by atoms with Crippen LogP contribution in [0.2, 0.25) is 5.02 Å². The molecule has 2 bridgehead atoms. The van der Waals surface area contributed by atoms with Crippen LogP contribution in [0.5, 0.6) is 5.75 Å². The maximum atomic E-state index is 13.2. The van der Waals surface area contributed by atoms with Crippen molar-refractivity contribution in [3.05, 3.63) is 58.9 Å². The molecule has 0 radical (unpaired) electrons. The Morgan fingerprint density at radius 3 is 2.45 bits per heavy atom. The maximum Gasteiger partial charge on any atom is 0.316 e. The van der Waals surface area contributed by atoms with Gasteiger partial charge in [0.05, 0.1) is 17.8 Å². The number of rotatable bonds is 6. The number of amides is 3. The van der Waals surface area contributed by atoms with Gasteiger partial charge in [0.2, 0.25) is 5.91 Å². The van der Waals surface area contributed by atoms with Crippen molar-refractivity contribution in [2.45, 2.75) is 43.8 Å². The van der Waals surface area contributed by atoms with E-state index in [1.54, 1.807) is 24.3 Å². The largest absolute Gasteiger partial charge is 0.495 e. The van der Waals surface area contributed by atoms with Crippen molar-refractivity contribution in [3.63, 3.8) is 0 Å². The number of piperidine rings is 1. The maximum absolute atomic E-state index is 13.2. The average Bonchev–Trinajstić information content (AvgIpc) is 3.04. The van der Waals surface area contributed by atoms with E-state index in [4.69, 9.17) is 22.1 Å². The molecule has 2 aliphatic heterocycles. The molecule has 2 aliphatic rings. The number of nitrogens with zero attached hydrogens (tertiary/aromatic N) is 1. The number of benzene rings is 2. The van der Waals surface area contributed by atoms with E-state index < -0.39 is 6.03 Å². The Morgan fingerprint density at radius 2 is 1.85 bits per heavy atom. The third kappa shape index (κ3) is 5.22. The van der Waals surface area contributed by atoms with Crippen LogP contribution >= 0.6 is 11.6 Å². The number of urea groups is 1. The number of hydrogen-bond acceptors (Lipinski definition) is 4. The lowest BCUT2D eigenvalue weighted by Crippen LogP contribution is -2.49. The van der Waals surface area contributed by atoms with E-state index in [0.29, 0.717) is 22.0 Å². The van der Waals surface area contributed by atoms with Crippen molar-refractivity contribution in [1.82, 2.24) is 4.90 Å². The second-order valence-electron chi connectivity index (χ2n) is 8.35. The van der Waals surface area contributed by atoms with Crippen molar-refractivity contribution >= 4 is 41.0 Å². The quantitative estimate of drug-likeness (QED) is 0.534. The van der Waals surface area contributed by atoms with E-state index in [-0.39, 0.29) is 29.8 Å². The van der Waals surface area contributed by atoms with Crippen LogP contribution in [-0.4, -0.2) is 42.1 Å². The molecule has 3 amide bonds. The molecule has 4 rings (SSSR count). The molecular formula is C24H26ClFN4O3. The second kappa shape index (κ2) is 9.70. The van der Waals surface area contributed by atoms with Gasteiger partial charge in [0.25, 0.3) is 0 Å². The second-order valence-corrected chi connectivity index (χ2v) is 8.75. The fourth-order valence-corrected chi connectivity index (χ4v) is 5.03. The molecule has 2 aromatic carbocycles.